The van der Waals surface area contributed by atoms with Gasteiger partial charge in [-0.1, -0.05) is 31.5 Å². The van der Waals surface area contributed by atoms with Crippen LogP contribution in [0.5, 0.6) is 0 Å². The topological polar surface area (TPSA) is 55.4 Å². The van der Waals surface area contributed by atoms with Crippen molar-refractivity contribution in [1.29, 1.82) is 0 Å². The summed E-state index contributed by atoms with van der Waals surface area (Å²) in [4.78, 5) is 25.6. The van der Waals surface area contributed by atoms with Gasteiger partial charge in [0.1, 0.15) is 0 Å². The molecule has 156 valence electrons. The average molecular weight is 407 g/mol. The van der Waals surface area contributed by atoms with Gasteiger partial charge >= 0.3 is 12.1 Å². The summed E-state index contributed by atoms with van der Waals surface area (Å²) in [5.41, 5.74) is 0.426. The van der Waals surface area contributed by atoms with Crippen LogP contribution >= 0.6 is 0 Å². The number of hydrogen-bond donors (Lipinski definition) is 1. The van der Waals surface area contributed by atoms with Gasteiger partial charge in [0.15, 0.2) is 5.78 Å². The van der Waals surface area contributed by atoms with Gasteiger partial charge < -0.3 is 10.1 Å². The molecule has 0 spiro atoms. The van der Waals surface area contributed by atoms with Gasteiger partial charge in [0, 0.05) is 29.3 Å². The van der Waals surface area contributed by atoms with Gasteiger partial charge in [-0.25, -0.2) is 4.79 Å². The maximum Gasteiger partial charge on any atom is 0.416 e. The largest absolute Gasteiger partial charge is 0.462 e. The van der Waals surface area contributed by atoms with Crippen molar-refractivity contribution in [2.24, 2.45) is 0 Å². The number of carbonyl (C=O) groups is 2. The lowest BCUT2D eigenvalue weighted by Crippen LogP contribution is -2.35. The minimum Gasteiger partial charge on any atom is -0.462 e. The number of ketones is 1. The number of esters is 1. The molecule has 0 amide bonds. The summed E-state index contributed by atoms with van der Waals surface area (Å²) < 4.78 is 46.6. The van der Waals surface area contributed by atoms with Crippen LogP contribution in [0.4, 0.5) is 13.2 Å². The number of unbranched alkanes of at least 4 members (excludes halogenated alkanes) is 1. The van der Waals surface area contributed by atoms with Crippen LogP contribution in [0.3, 0.4) is 0 Å². The van der Waals surface area contributed by atoms with Gasteiger partial charge in [0.25, 0.3) is 0 Å². The van der Waals surface area contributed by atoms with Crippen molar-refractivity contribution in [3.63, 3.8) is 0 Å². The number of Topliss-reactive ketones (excluding diaryl/α,β-unsaturated/α-hetero) is 1. The van der Waals surface area contributed by atoms with E-state index >= 15 is 0 Å². The second-order valence-corrected chi connectivity index (χ2v) is 7.34. The molecule has 1 unspecified atom stereocenters. The zero-order chi connectivity index (χ0) is 21.2. The van der Waals surface area contributed by atoms with Crippen molar-refractivity contribution >= 4 is 11.8 Å². The van der Waals surface area contributed by atoms with E-state index in [0.29, 0.717) is 30.7 Å². The molecule has 0 fully saturated rings. The van der Waals surface area contributed by atoms with Crippen LogP contribution in [0.2, 0.25) is 0 Å². The molecule has 1 aromatic carbocycles. The fraction of sp³-hybridized carbons (Fsp3) is 0.455. The highest BCUT2D eigenvalue weighted by Crippen LogP contribution is 2.46. The number of dihydropyridines is 1. The van der Waals surface area contributed by atoms with Crippen molar-refractivity contribution in [1.82, 2.24) is 5.32 Å². The van der Waals surface area contributed by atoms with E-state index in [9.17, 15) is 22.8 Å². The van der Waals surface area contributed by atoms with Gasteiger partial charge in [-0.15, -0.1) is 0 Å². The minimum atomic E-state index is -4.61. The highest BCUT2D eigenvalue weighted by Gasteiger charge is 2.43. The van der Waals surface area contributed by atoms with E-state index in [1.807, 2.05) is 6.92 Å². The smallest absolute Gasteiger partial charge is 0.416 e. The predicted octanol–water partition coefficient (Wildman–Crippen LogP) is 5.02. The number of hydrogen-bond acceptors (Lipinski definition) is 4. The molecule has 3 rings (SSSR count). The quantitative estimate of drug-likeness (QED) is 0.550. The van der Waals surface area contributed by atoms with Crippen molar-refractivity contribution in [2.75, 3.05) is 6.61 Å². The second kappa shape index (κ2) is 8.43. The molecule has 0 bridgehead atoms. The second-order valence-electron chi connectivity index (χ2n) is 7.34. The third kappa shape index (κ3) is 4.23. The van der Waals surface area contributed by atoms with E-state index in [1.165, 1.54) is 18.2 Å². The molecule has 7 heteroatoms. The van der Waals surface area contributed by atoms with Crippen LogP contribution < -0.4 is 5.32 Å². The van der Waals surface area contributed by atoms with Crippen molar-refractivity contribution in [3.05, 3.63) is 57.9 Å². The van der Waals surface area contributed by atoms with E-state index in [2.05, 4.69) is 5.32 Å². The summed E-state index contributed by atoms with van der Waals surface area (Å²) in [7, 11) is 0. The Balaban J connectivity index is 2.16. The highest BCUT2D eigenvalue weighted by atomic mass is 19.4. The molecule has 1 aliphatic carbocycles. The summed E-state index contributed by atoms with van der Waals surface area (Å²) in [5.74, 6) is -2.01. The first-order valence-corrected chi connectivity index (χ1v) is 9.83. The molecule has 0 saturated heterocycles. The number of rotatable bonds is 5. The molecule has 0 radical (unpaired) electrons. The Morgan fingerprint density at radius 2 is 1.97 bits per heavy atom. The molecule has 1 aromatic rings. The third-order valence-electron chi connectivity index (χ3n) is 5.30. The monoisotopic (exact) mass is 407 g/mol. The normalized spacial score (nSPS) is 19.8. The maximum atomic E-state index is 13.7. The van der Waals surface area contributed by atoms with Crippen molar-refractivity contribution < 1.29 is 27.5 Å². The molecule has 0 aromatic heterocycles. The molecule has 1 N–H and O–H groups in total. The van der Waals surface area contributed by atoms with E-state index in [1.54, 1.807) is 6.92 Å². The molecule has 1 aliphatic heterocycles. The summed E-state index contributed by atoms with van der Waals surface area (Å²) in [6.07, 6.45) is -1.70. The number of halogens is 3. The molecule has 1 heterocycles. The number of benzene rings is 1. The third-order valence-corrected chi connectivity index (χ3v) is 5.30. The van der Waals surface area contributed by atoms with Gasteiger partial charge in [-0.3, -0.25) is 4.79 Å². The van der Waals surface area contributed by atoms with Gasteiger partial charge in [-0.05, 0) is 37.8 Å². The summed E-state index contributed by atoms with van der Waals surface area (Å²) in [6.45, 7) is 3.77. The molecular weight excluding hydrogens is 383 g/mol. The fourth-order valence-corrected chi connectivity index (χ4v) is 3.96. The first kappa shape index (κ1) is 21.1. The van der Waals surface area contributed by atoms with Crippen LogP contribution in [-0.4, -0.2) is 18.4 Å². The Hall–Kier alpha value is -2.57. The van der Waals surface area contributed by atoms with Crippen LogP contribution in [0.25, 0.3) is 0 Å². The highest BCUT2D eigenvalue weighted by molar-refractivity contribution is 6.03. The summed E-state index contributed by atoms with van der Waals surface area (Å²) in [6, 6.07) is 5.13. The van der Waals surface area contributed by atoms with E-state index in [0.717, 1.165) is 12.5 Å². The fourth-order valence-electron chi connectivity index (χ4n) is 3.96. The Bertz CT molecular complexity index is 884. The van der Waals surface area contributed by atoms with E-state index in [-0.39, 0.29) is 35.5 Å². The molecule has 1 atom stereocenters. The van der Waals surface area contributed by atoms with Gasteiger partial charge in [0.2, 0.25) is 0 Å². The van der Waals surface area contributed by atoms with Crippen LogP contribution in [0.15, 0.2) is 46.8 Å². The molecular formula is C22H24F3NO3. The van der Waals surface area contributed by atoms with Crippen LogP contribution in [0, 0.1) is 0 Å². The number of allylic oxidation sites excluding steroid dienone is 3. The van der Waals surface area contributed by atoms with Crippen LogP contribution in [-0.2, 0) is 20.5 Å². The predicted molar refractivity (Wildman–Crippen MR) is 102 cm³/mol. The Morgan fingerprint density at radius 3 is 2.66 bits per heavy atom. The molecule has 0 saturated carbocycles. The standard InChI is InChI=1S/C22H24F3NO3/c1-3-4-12-29-21(28)18-13(2)26-16-10-7-11-17(27)20(16)19(18)14-8-5-6-9-15(14)22(23,24)25/h5-6,8-9,19,26H,3-4,7,10-12H2,1-2H3. The zero-order valence-electron chi connectivity index (χ0n) is 16.5. The van der Waals surface area contributed by atoms with Crippen LogP contribution in [0.1, 0.15) is 63.0 Å². The Labute approximate surface area is 167 Å². The van der Waals surface area contributed by atoms with Gasteiger partial charge in [-0.2, -0.15) is 13.2 Å². The summed E-state index contributed by atoms with van der Waals surface area (Å²) >= 11 is 0. The Morgan fingerprint density at radius 1 is 1.24 bits per heavy atom. The number of alkyl halides is 3. The molecule has 29 heavy (non-hydrogen) atoms. The first-order valence-electron chi connectivity index (χ1n) is 9.83. The van der Waals surface area contributed by atoms with Crippen molar-refractivity contribution in [3.8, 4) is 0 Å². The lowest BCUT2D eigenvalue weighted by atomic mass is 9.74. The summed E-state index contributed by atoms with van der Waals surface area (Å²) in [5, 5.41) is 3.08. The molecule has 4 nitrogen and oxygen atoms in total. The lowest BCUT2D eigenvalue weighted by Gasteiger charge is -2.35. The molecule has 2 aliphatic rings. The maximum absolute atomic E-state index is 13.7. The lowest BCUT2D eigenvalue weighted by molar-refractivity contribution is -0.141. The number of nitrogens with one attached hydrogen (secondary N) is 1. The van der Waals surface area contributed by atoms with Gasteiger partial charge in [0.05, 0.1) is 17.7 Å². The Kier molecular flexibility index (Phi) is 6.15. The van der Waals surface area contributed by atoms with E-state index in [4.69, 9.17) is 4.74 Å². The van der Waals surface area contributed by atoms with E-state index < -0.39 is 23.6 Å². The SMILES string of the molecule is CCCCOC(=O)C1=C(C)NC2=C(C(=O)CCC2)C1c1ccccc1C(F)(F)F. The first-order chi connectivity index (χ1) is 13.8. The zero-order valence-corrected chi connectivity index (χ0v) is 16.5. The average Bonchev–Trinajstić information content (AvgIpc) is 2.66. The minimum absolute atomic E-state index is 0.0757. The number of ether oxygens (including phenoxy) is 1. The van der Waals surface area contributed by atoms with Crippen molar-refractivity contribution in [2.45, 2.75) is 58.0 Å². The number of carbonyl (C=O) groups excluding carboxylic acids is 2.